The number of hydrogen-bond acceptors (Lipinski definition) is 4. The fourth-order valence-electron chi connectivity index (χ4n) is 2.41. The van der Waals surface area contributed by atoms with Gasteiger partial charge in [-0.25, -0.2) is 4.68 Å². The van der Waals surface area contributed by atoms with Crippen LogP contribution in [0.2, 0.25) is 0 Å². The average Bonchev–Trinajstić information content (AvgIpc) is 3.03. The molecule has 2 aromatic rings. The first-order valence-corrected chi connectivity index (χ1v) is 6.84. The lowest BCUT2D eigenvalue weighted by Crippen LogP contribution is -2.43. The van der Waals surface area contributed by atoms with Gasteiger partial charge in [0.2, 0.25) is 5.91 Å². The molecule has 6 nitrogen and oxygen atoms in total. The molecule has 1 unspecified atom stereocenters. The molecule has 0 bridgehead atoms. The van der Waals surface area contributed by atoms with E-state index in [2.05, 4.69) is 20.9 Å². The lowest BCUT2D eigenvalue weighted by atomic mass is 10.0. The predicted octanol–water partition coefficient (Wildman–Crippen LogP) is 1.35. The van der Waals surface area contributed by atoms with E-state index < -0.39 is 0 Å². The molecule has 2 N–H and O–H groups in total. The summed E-state index contributed by atoms with van der Waals surface area (Å²) in [5.74, 6) is 0.0114. The van der Waals surface area contributed by atoms with E-state index >= 15 is 0 Å². The maximum Gasteiger partial charge on any atom is 0.241 e. The number of nitrogens with one attached hydrogen (secondary N) is 2. The van der Waals surface area contributed by atoms with Gasteiger partial charge < -0.3 is 10.6 Å². The average molecular weight is 271 g/mol. The number of carbonyl (C=O) groups is 1. The second kappa shape index (κ2) is 5.83. The van der Waals surface area contributed by atoms with Gasteiger partial charge in [-0.2, -0.15) is 0 Å². The van der Waals surface area contributed by atoms with E-state index in [1.54, 1.807) is 17.1 Å². The molecule has 1 saturated heterocycles. The van der Waals surface area contributed by atoms with Gasteiger partial charge in [-0.1, -0.05) is 23.8 Å². The molecule has 2 heterocycles. The largest absolute Gasteiger partial charge is 0.323 e. The summed E-state index contributed by atoms with van der Waals surface area (Å²) in [6, 6.07) is 7.47. The van der Waals surface area contributed by atoms with E-state index in [9.17, 15) is 4.79 Å². The van der Waals surface area contributed by atoms with Crippen LogP contribution in [-0.2, 0) is 4.79 Å². The number of carbonyl (C=O) groups excluding carboxylic acids is 1. The van der Waals surface area contributed by atoms with Gasteiger partial charge in [0.05, 0.1) is 29.8 Å². The topological polar surface area (TPSA) is 71.8 Å². The molecule has 0 saturated carbocycles. The molecule has 0 spiro atoms. The number of benzene rings is 1. The maximum atomic E-state index is 12.3. The van der Waals surface area contributed by atoms with Gasteiger partial charge in [-0.3, -0.25) is 4.79 Å². The number of para-hydroxylation sites is 2. The molecule has 3 rings (SSSR count). The second-order valence-electron chi connectivity index (χ2n) is 4.86. The monoisotopic (exact) mass is 271 g/mol. The van der Waals surface area contributed by atoms with Crippen molar-refractivity contribution in [2.75, 3.05) is 11.9 Å². The van der Waals surface area contributed by atoms with Crippen molar-refractivity contribution in [1.82, 2.24) is 20.3 Å². The molecular weight excluding hydrogens is 254 g/mol. The van der Waals surface area contributed by atoms with Crippen molar-refractivity contribution in [3.63, 3.8) is 0 Å². The number of piperidine rings is 1. The SMILES string of the molecule is O=C(Nc1ccccc1-n1ccnn1)C1CCCCN1. The van der Waals surface area contributed by atoms with Crippen molar-refractivity contribution < 1.29 is 4.79 Å². The Morgan fingerprint density at radius 2 is 2.25 bits per heavy atom. The number of aromatic nitrogens is 3. The molecule has 1 aromatic heterocycles. The van der Waals surface area contributed by atoms with Crippen LogP contribution >= 0.6 is 0 Å². The van der Waals surface area contributed by atoms with E-state index in [1.807, 2.05) is 24.3 Å². The predicted molar refractivity (Wildman–Crippen MR) is 75.6 cm³/mol. The summed E-state index contributed by atoms with van der Waals surface area (Å²) < 4.78 is 1.64. The Morgan fingerprint density at radius 1 is 1.35 bits per heavy atom. The lowest BCUT2D eigenvalue weighted by molar-refractivity contribution is -0.118. The Kier molecular flexibility index (Phi) is 3.73. The van der Waals surface area contributed by atoms with Gasteiger partial charge in [-0.05, 0) is 31.5 Å². The maximum absolute atomic E-state index is 12.3. The highest BCUT2D eigenvalue weighted by molar-refractivity contribution is 5.96. The van der Waals surface area contributed by atoms with Gasteiger partial charge in [0, 0.05) is 0 Å². The number of rotatable bonds is 3. The Balaban J connectivity index is 1.79. The number of nitrogens with zero attached hydrogens (tertiary/aromatic N) is 3. The Bertz CT molecular complexity index is 575. The Hall–Kier alpha value is -2.21. The Labute approximate surface area is 117 Å². The normalized spacial score (nSPS) is 18.7. The second-order valence-corrected chi connectivity index (χ2v) is 4.86. The van der Waals surface area contributed by atoms with E-state index in [4.69, 9.17) is 0 Å². The van der Waals surface area contributed by atoms with Crippen molar-refractivity contribution in [3.05, 3.63) is 36.7 Å². The van der Waals surface area contributed by atoms with Crippen LogP contribution in [0.25, 0.3) is 5.69 Å². The summed E-state index contributed by atoms with van der Waals surface area (Å²) in [6.45, 7) is 0.906. The molecule has 1 aliphatic rings. The summed E-state index contributed by atoms with van der Waals surface area (Å²) in [5.41, 5.74) is 1.56. The van der Waals surface area contributed by atoms with Crippen LogP contribution in [0.3, 0.4) is 0 Å². The minimum atomic E-state index is -0.104. The standard InChI is InChI=1S/C14H17N5O/c20-14(12-6-3-4-8-15-12)17-11-5-1-2-7-13(11)19-10-9-16-18-19/h1-2,5,7,9-10,12,15H,3-4,6,8H2,(H,17,20). The molecule has 6 heteroatoms. The molecule has 1 aliphatic heterocycles. The van der Waals surface area contributed by atoms with Crippen LogP contribution in [0.15, 0.2) is 36.7 Å². The molecule has 20 heavy (non-hydrogen) atoms. The third-order valence-corrected chi connectivity index (χ3v) is 3.46. The van der Waals surface area contributed by atoms with Gasteiger partial charge in [0.1, 0.15) is 0 Å². The summed E-state index contributed by atoms with van der Waals surface area (Å²) >= 11 is 0. The van der Waals surface area contributed by atoms with E-state index in [-0.39, 0.29) is 11.9 Å². The van der Waals surface area contributed by atoms with E-state index in [0.717, 1.165) is 37.2 Å². The van der Waals surface area contributed by atoms with Gasteiger partial charge in [-0.15, -0.1) is 5.10 Å². The summed E-state index contributed by atoms with van der Waals surface area (Å²) in [6.07, 6.45) is 6.48. The van der Waals surface area contributed by atoms with Gasteiger partial charge in [0.15, 0.2) is 0 Å². The third kappa shape index (κ3) is 2.70. The fraction of sp³-hybridized carbons (Fsp3) is 0.357. The first kappa shape index (κ1) is 12.8. The minimum Gasteiger partial charge on any atom is -0.323 e. The fourth-order valence-corrected chi connectivity index (χ4v) is 2.41. The van der Waals surface area contributed by atoms with E-state index in [1.165, 1.54) is 0 Å². The zero-order valence-corrected chi connectivity index (χ0v) is 11.1. The lowest BCUT2D eigenvalue weighted by Gasteiger charge is -2.23. The number of hydrogen-bond donors (Lipinski definition) is 2. The van der Waals surface area contributed by atoms with Crippen LogP contribution in [0.4, 0.5) is 5.69 Å². The highest BCUT2D eigenvalue weighted by Crippen LogP contribution is 2.19. The van der Waals surface area contributed by atoms with Crippen molar-refractivity contribution >= 4 is 11.6 Å². The van der Waals surface area contributed by atoms with Crippen molar-refractivity contribution in [2.45, 2.75) is 25.3 Å². The van der Waals surface area contributed by atoms with E-state index in [0.29, 0.717) is 0 Å². The molecule has 1 amide bonds. The Morgan fingerprint density at radius 3 is 3.00 bits per heavy atom. The highest BCUT2D eigenvalue weighted by atomic mass is 16.2. The summed E-state index contributed by atoms with van der Waals surface area (Å²) in [5, 5.41) is 14.0. The smallest absolute Gasteiger partial charge is 0.241 e. The van der Waals surface area contributed by atoms with Gasteiger partial charge in [0.25, 0.3) is 0 Å². The highest BCUT2D eigenvalue weighted by Gasteiger charge is 2.21. The molecule has 1 aromatic carbocycles. The summed E-state index contributed by atoms with van der Waals surface area (Å²) in [7, 11) is 0. The van der Waals surface area contributed by atoms with Crippen LogP contribution in [0, 0.1) is 0 Å². The van der Waals surface area contributed by atoms with Crippen LogP contribution in [0.5, 0.6) is 0 Å². The zero-order valence-electron chi connectivity index (χ0n) is 11.1. The first-order valence-electron chi connectivity index (χ1n) is 6.84. The summed E-state index contributed by atoms with van der Waals surface area (Å²) in [4.78, 5) is 12.3. The van der Waals surface area contributed by atoms with Crippen molar-refractivity contribution in [1.29, 1.82) is 0 Å². The van der Waals surface area contributed by atoms with Crippen LogP contribution in [0.1, 0.15) is 19.3 Å². The van der Waals surface area contributed by atoms with Gasteiger partial charge >= 0.3 is 0 Å². The third-order valence-electron chi connectivity index (χ3n) is 3.46. The van der Waals surface area contributed by atoms with Crippen molar-refractivity contribution in [2.24, 2.45) is 0 Å². The molecule has 1 fully saturated rings. The number of amides is 1. The first-order chi connectivity index (χ1) is 9.84. The quantitative estimate of drug-likeness (QED) is 0.884. The minimum absolute atomic E-state index is 0.0114. The molecule has 0 aliphatic carbocycles. The molecule has 0 radical (unpaired) electrons. The molecular formula is C14H17N5O. The van der Waals surface area contributed by atoms with Crippen molar-refractivity contribution in [3.8, 4) is 5.69 Å². The molecule has 104 valence electrons. The van der Waals surface area contributed by atoms with Crippen LogP contribution < -0.4 is 10.6 Å². The van der Waals surface area contributed by atoms with Crippen LogP contribution in [-0.4, -0.2) is 33.5 Å². The zero-order chi connectivity index (χ0) is 13.8. The number of anilines is 1. The molecule has 1 atom stereocenters.